The second kappa shape index (κ2) is 8.30. The minimum Gasteiger partial charge on any atom is -0.361 e. The van der Waals surface area contributed by atoms with E-state index in [1.807, 2.05) is 64.8 Å². The fraction of sp³-hybridized carbons (Fsp3) is 0.0417. The molecule has 0 saturated heterocycles. The number of amides is 1. The zero-order valence-electron chi connectivity index (χ0n) is 16.4. The highest BCUT2D eigenvalue weighted by atomic mass is 32.1. The number of fused-ring (bicyclic) bond motifs is 1. The van der Waals surface area contributed by atoms with Crippen LogP contribution in [0.4, 0.5) is 5.13 Å². The third-order valence-electron chi connectivity index (χ3n) is 4.78. The summed E-state index contributed by atoms with van der Waals surface area (Å²) in [4.78, 5) is 24.4. The van der Waals surface area contributed by atoms with Crippen LogP contribution in [-0.2, 0) is 6.54 Å². The largest absolute Gasteiger partial charge is 0.361 e. The molecule has 1 aromatic carbocycles. The fourth-order valence-electron chi connectivity index (χ4n) is 3.26. The highest BCUT2D eigenvalue weighted by Crippen LogP contribution is 2.18. The molecule has 0 radical (unpaired) electrons. The van der Waals surface area contributed by atoms with Crippen LogP contribution in [0.2, 0.25) is 0 Å². The monoisotopic (exact) mass is 423 g/mol. The van der Waals surface area contributed by atoms with Gasteiger partial charge in [-0.15, -0.1) is 11.3 Å². The maximum atomic E-state index is 12.8. The number of H-pyrrole nitrogens is 1. The van der Waals surface area contributed by atoms with Gasteiger partial charge in [0, 0.05) is 53.2 Å². The van der Waals surface area contributed by atoms with Crippen LogP contribution in [0.3, 0.4) is 0 Å². The molecule has 0 saturated carbocycles. The van der Waals surface area contributed by atoms with Gasteiger partial charge in [-0.2, -0.15) is 0 Å². The van der Waals surface area contributed by atoms with Crippen molar-refractivity contribution in [2.24, 2.45) is 0 Å². The molecule has 0 spiro atoms. The first kappa shape index (κ1) is 18.9. The summed E-state index contributed by atoms with van der Waals surface area (Å²) in [6.07, 6.45) is 7.28. The standard InChI is InChI=1S/C24H17N5OS/c30-23(22-2-1-13-29(22)15-18-7-10-25-11-8-18)28-24-27-20(16-31-24)5-3-17-4-6-21-19(14-17)9-12-26-21/h1-2,4,6-14,16,26H,15H2,(H,27,28,30). The Kier molecular flexibility index (Phi) is 5.05. The lowest BCUT2D eigenvalue weighted by Gasteiger charge is -2.08. The Morgan fingerprint density at radius 2 is 2.03 bits per heavy atom. The number of thiazole rings is 1. The van der Waals surface area contributed by atoms with Gasteiger partial charge in [0.05, 0.1) is 0 Å². The van der Waals surface area contributed by atoms with Crippen LogP contribution in [-0.4, -0.2) is 25.4 Å². The molecule has 4 heterocycles. The van der Waals surface area contributed by atoms with E-state index >= 15 is 0 Å². The Balaban J connectivity index is 1.28. The number of pyridine rings is 1. The van der Waals surface area contributed by atoms with Gasteiger partial charge in [0.25, 0.3) is 5.91 Å². The number of carbonyl (C=O) groups excluding carboxylic acids is 1. The van der Waals surface area contributed by atoms with E-state index in [9.17, 15) is 4.79 Å². The summed E-state index contributed by atoms with van der Waals surface area (Å²) < 4.78 is 1.90. The Labute approximate surface area is 182 Å². The van der Waals surface area contributed by atoms with Gasteiger partial charge in [0.2, 0.25) is 0 Å². The van der Waals surface area contributed by atoms with Crippen molar-refractivity contribution in [2.45, 2.75) is 6.54 Å². The number of hydrogen-bond acceptors (Lipinski definition) is 4. The van der Waals surface area contributed by atoms with Crippen molar-refractivity contribution in [1.82, 2.24) is 19.5 Å². The van der Waals surface area contributed by atoms with Gasteiger partial charge in [-0.05, 0) is 60.0 Å². The molecular formula is C24H17N5OS. The molecule has 0 aliphatic carbocycles. The minimum absolute atomic E-state index is 0.203. The maximum absolute atomic E-state index is 12.8. The van der Waals surface area contributed by atoms with Gasteiger partial charge in [0.15, 0.2) is 5.13 Å². The van der Waals surface area contributed by atoms with Gasteiger partial charge < -0.3 is 9.55 Å². The molecule has 0 bridgehead atoms. The van der Waals surface area contributed by atoms with Gasteiger partial charge >= 0.3 is 0 Å². The van der Waals surface area contributed by atoms with Crippen LogP contribution in [0, 0.1) is 11.8 Å². The number of aromatic nitrogens is 4. The Hall–Kier alpha value is -4.15. The van der Waals surface area contributed by atoms with Crippen LogP contribution in [0.5, 0.6) is 0 Å². The highest BCUT2D eigenvalue weighted by Gasteiger charge is 2.13. The summed E-state index contributed by atoms with van der Waals surface area (Å²) in [6.45, 7) is 0.596. The Morgan fingerprint density at radius 3 is 2.94 bits per heavy atom. The Morgan fingerprint density at radius 1 is 1.13 bits per heavy atom. The van der Waals surface area contributed by atoms with Crippen molar-refractivity contribution >= 4 is 33.3 Å². The molecule has 1 amide bonds. The predicted molar refractivity (Wildman–Crippen MR) is 122 cm³/mol. The molecule has 5 aromatic rings. The summed E-state index contributed by atoms with van der Waals surface area (Å²) in [5.41, 5.74) is 4.27. The van der Waals surface area contributed by atoms with Crippen molar-refractivity contribution in [3.05, 3.63) is 101 Å². The normalized spacial score (nSPS) is 10.6. The van der Waals surface area contributed by atoms with Crippen LogP contribution in [0.25, 0.3) is 10.9 Å². The SMILES string of the molecule is O=C(Nc1nc(C#Cc2ccc3[nH]ccc3c2)cs1)c1cccn1Cc1ccncc1. The number of rotatable bonds is 4. The zero-order valence-corrected chi connectivity index (χ0v) is 17.2. The highest BCUT2D eigenvalue weighted by molar-refractivity contribution is 7.14. The van der Waals surface area contributed by atoms with E-state index in [1.54, 1.807) is 18.5 Å². The summed E-state index contributed by atoms with van der Waals surface area (Å²) in [5.74, 6) is 6.00. The number of anilines is 1. The molecule has 6 nitrogen and oxygen atoms in total. The molecule has 0 aliphatic heterocycles. The molecule has 150 valence electrons. The molecule has 0 fully saturated rings. The predicted octanol–water partition coefficient (Wildman–Crippen LogP) is 4.52. The van der Waals surface area contributed by atoms with Crippen molar-refractivity contribution in [3.8, 4) is 11.8 Å². The van der Waals surface area contributed by atoms with Gasteiger partial charge in [-0.1, -0.05) is 5.92 Å². The Bertz CT molecular complexity index is 1420. The van der Waals surface area contributed by atoms with Gasteiger partial charge in [-0.3, -0.25) is 15.1 Å². The number of nitrogens with one attached hydrogen (secondary N) is 2. The third kappa shape index (κ3) is 4.25. The molecule has 0 unspecified atom stereocenters. The lowest BCUT2D eigenvalue weighted by atomic mass is 10.1. The summed E-state index contributed by atoms with van der Waals surface area (Å²) in [6, 6.07) is 15.5. The van der Waals surface area contributed by atoms with Crippen molar-refractivity contribution < 1.29 is 4.79 Å². The van der Waals surface area contributed by atoms with E-state index < -0.39 is 0 Å². The average Bonchev–Trinajstić information content (AvgIpc) is 3.53. The molecule has 31 heavy (non-hydrogen) atoms. The zero-order chi connectivity index (χ0) is 21.0. The van der Waals surface area contributed by atoms with Crippen molar-refractivity contribution in [1.29, 1.82) is 0 Å². The number of carbonyl (C=O) groups is 1. The van der Waals surface area contributed by atoms with Crippen LogP contribution in [0.1, 0.15) is 27.3 Å². The second-order valence-electron chi connectivity index (χ2n) is 6.90. The van der Waals surface area contributed by atoms with Crippen LogP contribution >= 0.6 is 11.3 Å². The fourth-order valence-corrected chi connectivity index (χ4v) is 3.90. The summed E-state index contributed by atoms with van der Waals surface area (Å²) in [7, 11) is 0. The third-order valence-corrected chi connectivity index (χ3v) is 5.54. The van der Waals surface area contributed by atoms with Crippen molar-refractivity contribution in [2.75, 3.05) is 5.32 Å². The number of benzene rings is 1. The lowest BCUT2D eigenvalue weighted by molar-refractivity contribution is 0.101. The van der Waals surface area contributed by atoms with Gasteiger partial charge in [-0.25, -0.2) is 4.98 Å². The van der Waals surface area contributed by atoms with E-state index in [1.165, 1.54) is 11.3 Å². The summed E-state index contributed by atoms with van der Waals surface area (Å²) in [5, 5.41) is 6.35. The van der Waals surface area contributed by atoms with Crippen molar-refractivity contribution in [3.63, 3.8) is 0 Å². The molecule has 2 N–H and O–H groups in total. The number of hydrogen-bond donors (Lipinski definition) is 2. The summed E-state index contributed by atoms with van der Waals surface area (Å²) >= 11 is 1.36. The molecule has 0 aliphatic rings. The van der Waals surface area contributed by atoms with Gasteiger partial charge in [0.1, 0.15) is 11.4 Å². The molecular weight excluding hydrogens is 406 g/mol. The van der Waals surface area contributed by atoms with E-state index in [4.69, 9.17) is 0 Å². The van der Waals surface area contributed by atoms with E-state index in [2.05, 4.69) is 32.1 Å². The van der Waals surface area contributed by atoms with E-state index in [0.717, 1.165) is 22.0 Å². The topological polar surface area (TPSA) is 75.6 Å². The first-order valence-electron chi connectivity index (χ1n) is 9.65. The minimum atomic E-state index is -0.203. The smallest absolute Gasteiger partial charge is 0.274 e. The lowest BCUT2D eigenvalue weighted by Crippen LogP contribution is -2.17. The van der Waals surface area contributed by atoms with E-state index in [0.29, 0.717) is 23.1 Å². The van der Waals surface area contributed by atoms with E-state index in [-0.39, 0.29) is 5.91 Å². The van der Waals surface area contributed by atoms with Crippen LogP contribution in [0.15, 0.2) is 78.7 Å². The first-order chi connectivity index (χ1) is 15.2. The number of nitrogens with zero attached hydrogens (tertiary/aromatic N) is 3. The molecule has 5 rings (SSSR count). The maximum Gasteiger partial charge on any atom is 0.274 e. The quantitative estimate of drug-likeness (QED) is 0.417. The first-order valence-corrected chi connectivity index (χ1v) is 10.5. The second-order valence-corrected chi connectivity index (χ2v) is 7.76. The molecule has 4 aromatic heterocycles. The number of aromatic amines is 1. The molecule has 0 atom stereocenters. The average molecular weight is 424 g/mol. The molecule has 7 heteroatoms. The van der Waals surface area contributed by atoms with Crippen LogP contribution < -0.4 is 5.32 Å².